The molecule has 0 aliphatic carbocycles. The lowest BCUT2D eigenvalue weighted by atomic mass is 10.1. The molecule has 2 aromatic carbocycles. The predicted molar refractivity (Wildman–Crippen MR) is 75.0 cm³/mol. The van der Waals surface area contributed by atoms with E-state index in [0.717, 1.165) is 11.4 Å². The number of hydrogen-bond donors (Lipinski definition) is 0. The van der Waals surface area contributed by atoms with Crippen LogP contribution in [0.2, 0.25) is 0 Å². The lowest BCUT2D eigenvalue weighted by molar-refractivity contribution is 1.41. The zero-order chi connectivity index (χ0) is 11.9. The fourth-order valence-electron chi connectivity index (χ4n) is 2.35. The normalized spacial score (nSPS) is 16.0. The Labute approximate surface area is 104 Å². The Bertz CT molecular complexity index is 841. The lowest BCUT2D eigenvalue weighted by Crippen LogP contribution is -1.97. The molecule has 84 valence electrons. The fourth-order valence-corrected chi connectivity index (χ4v) is 2.35. The highest BCUT2D eigenvalue weighted by Crippen LogP contribution is 2.12. The zero-order valence-electron chi connectivity index (χ0n) is 9.67. The van der Waals surface area contributed by atoms with Crippen LogP contribution < -0.4 is 10.4 Å². The summed E-state index contributed by atoms with van der Waals surface area (Å²) in [5.74, 6) is 0. The van der Waals surface area contributed by atoms with Gasteiger partial charge in [0, 0.05) is 22.9 Å². The third kappa shape index (κ3) is 1.36. The third-order valence-electron chi connectivity index (χ3n) is 3.33. The molecule has 2 aliphatic rings. The summed E-state index contributed by atoms with van der Waals surface area (Å²) in [5.41, 5.74) is 2.09. The van der Waals surface area contributed by atoms with Crippen LogP contribution >= 0.6 is 0 Å². The van der Waals surface area contributed by atoms with Crippen molar-refractivity contribution in [3.8, 4) is 0 Å². The minimum atomic E-state index is 1.04. The minimum Gasteiger partial charge on any atom is -0.256 e. The molecule has 4 rings (SSSR count). The molecular weight excluding hydrogens is 220 g/mol. The number of nitrogens with zero attached hydrogens (tertiary/aromatic N) is 2. The maximum atomic E-state index is 4.34. The van der Waals surface area contributed by atoms with Crippen LogP contribution in [0.25, 0.3) is 12.2 Å². The number of fused-ring (bicyclic) bond motifs is 2. The van der Waals surface area contributed by atoms with Crippen molar-refractivity contribution in [2.45, 2.75) is 0 Å². The van der Waals surface area contributed by atoms with E-state index in [1.165, 1.54) is 20.9 Å². The Balaban J connectivity index is 2.10. The second-order valence-corrected chi connectivity index (χ2v) is 4.44. The smallest absolute Gasteiger partial charge is 0.0708 e. The predicted octanol–water partition coefficient (Wildman–Crippen LogP) is 1.97. The molecule has 0 amide bonds. The molecule has 0 unspecified atom stereocenters. The quantitative estimate of drug-likeness (QED) is 0.661. The van der Waals surface area contributed by atoms with Gasteiger partial charge in [0.25, 0.3) is 0 Å². The van der Waals surface area contributed by atoms with E-state index >= 15 is 0 Å². The Hall–Kier alpha value is -2.48. The van der Waals surface area contributed by atoms with E-state index in [9.17, 15) is 0 Å². The summed E-state index contributed by atoms with van der Waals surface area (Å²) in [5, 5.41) is 4.75. The van der Waals surface area contributed by atoms with Gasteiger partial charge in [-0.1, -0.05) is 24.3 Å². The van der Waals surface area contributed by atoms with Gasteiger partial charge in [0.1, 0.15) is 0 Å². The highest BCUT2D eigenvalue weighted by atomic mass is 14.7. The second kappa shape index (κ2) is 3.50. The third-order valence-corrected chi connectivity index (χ3v) is 3.33. The van der Waals surface area contributed by atoms with Gasteiger partial charge in [-0.3, -0.25) is 9.98 Å². The highest BCUT2D eigenvalue weighted by molar-refractivity contribution is 5.97. The molecule has 18 heavy (non-hydrogen) atoms. The monoisotopic (exact) mass is 230 g/mol. The van der Waals surface area contributed by atoms with Gasteiger partial charge < -0.3 is 0 Å². The highest BCUT2D eigenvalue weighted by Gasteiger charge is 1.99. The van der Waals surface area contributed by atoms with E-state index in [-0.39, 0.29) is 0 Å². The minimum absolute atomic E-state index is 1.04. The summed E-state index contributed by atoms with van der Waals surface area (Å²) < 4.78 is 0. The molecule has 0 spiro atoms. The van der Waals surface area contributed by atoms with Crippen LogP contribution in [0.5, 0.6) is 0 Å². The first kappa shape index (κ1) is 9.54. The summed E-state index contributed by atoms with van der Waals surface area (Å²) in [7, 11) is 0. The summed E-state index contributed by atoms with van der Waals surface area (Å²) in [6.07, 6.45) is 7.74. The van der Waals surface area contributed by atoms with Gasteiger partial charge in [-0.2, -0.15) is 0 Å². The van der Waals surface area contributed by atoms with E-state index in [2.05, 4.69) is 46.4 Å². The van der Waals surface area contributed by atoms with Crippen LogP contribution in [0.1, 0.15) is 0 Å². The van der Waals surface area contributed by atoms with Gasteiger partial charge >= 0.3 is 0 Å². The molecule has 0 saturated heterocycles. The Morgan fingerprint density at radius 3 is 1.61 bits per heavy atom. The molecule has 2 aromatic rings. The van der Waals surface area contributed by atoms with Crippen LogP contribution in [0, 0.1) is 10.4 Å². The molecule has 0 saturated carbocycles. The summed E-state index contributed by atoms with van der Waals surface area (Å²) in [6.45, 7) is 0. The molecule has 0 fully saturated rings. The van der Waals surface area contributed by atoms with Crippen molar-refractivity contribution in [1.82, 2.24) is 0 Å². The van der Waals surface area contributed by atoms with E-state index in [1.54, 1.807) is 0 Å². The largest absolute Gasteiger partial charge is 0.256 e. The maximum Gasteiger partial charge on any atom is 0.0708 e. The standard InChI is InChI=1S/C16H10N2/c1-3-13(9-15-11(1)5-7-17-15)14-4-2-12-6-8-18-16(12)10-14/h1-10H. The van der Waals surface area contributed by atoms with Crippen LogP contribution in [0.15, 0.2) is 46.4 Å². The maximum absolute atomic E-state index is 4.34. The van der Waals surface area contributed by atoms with Gasteiger partial charge in [0.15, 0.2) is 0 Å². The van der Waals surface area contributed by atoms with Crippen molar-refractivity contribution >= 4 is 36.0 Å². The number of aliphatic imine (C=N–C) groups is 2. The van der Waals surface area contributed by atoms with E-state index < -0.39 is 0 Å². The average molecular weight is 230 g/mol. The topological polar surface area (TPSA) is 24.7 Å². The van der Waals surface area contributed by atoms with Crippen LogP contribution in [0.4, 0.5) is 11.4 Å². The van der Waals surface area contributed by atoms with Gasteiger partial charge in [-0.25, -0.2) is 0 Å². The summed E-state index contributed by atoms with van der Waals surface area (Å²) in [6, 6.07) is 12.7. The van der Waals surface area contributed by atoms with Crippen molar-refractivity contribution in [1.29, 1.82) is 0 Å². The summed E-state index contributed by atoms with van der Waals surface area (Å²) >= 11 is 0. The lowest BCUT2D eigenvalue weighted by Gasteiger charge is -1.94. The molecule has 2 heteroatoms. The van der Waals surface area contributed by atoms with Gasteiger partial charge in [-0.05, 0) is 34.7 Å². The summed E-state index contributed by atoms with van der Waals surface area (Å²) in [4.78, 5) is 8.68. The molecule has 0 aromatic heterocycles. The van der Waals surface area contributed by atoms with E-state index in [0.29, 0.717) is 0 Å². The van der Waals surface area contributed by atoms with Crippen molar-refractivity contribution < 1.29 is 0 Å². The van der Waals surface area contributed by atoms with Crippen LogP contribution in [-0.4, -0.2) is 12.4 Å². The average Bonchev–Trinajstić information content (AvgIpc) is 3.05. The van der Waals surface area contributed by atoms with Crippen LogP contribution in [0.3, 0.4) is 0 Å². The van der Waals surface area contributed by atoms with Gasteiger partial charge in [0.05, 0.1) is 11.4 Å². The molecule has 0 radical (unpaired) electrons. The first-order valence-electron chi connectivity index (χ1n) is 5.93. The van der Waals surface area contributed by atoms with Crippen molar-refractivity contribution in [3.63, 3.8) is 0 Å². The molecular formula is C16H10N2. The Kier molecular flexibility index (Phi) is 1.86. The van der Waals surface area contributed by atoms with E-state index in [4.69, 9.17) is 0 Å². The van der Waals surface area contributed by atoms with Crippen molar-refractivity contribution in [2.75, 3.05) is 0 Å². The fraction of sp³-hybridized carbons (Fsp3) is 0. The molecule has 0 atom stereocenters. The molecule has 2 heterocycles. The molecule has 0 bridgehead atoms. The van der Waals surface area contributed by atoms with Gasteiger partial charge in [0.2, 0.25) is 0 Å². The van der Waals surface area contributed by atoms with Gasteiger partial charge in [-0.15, -0.1) is 0 Å². The Morgan fingerprint density at radius 2 is 1.11 bits per heavy atom. The Morgan fingerprint density at radius 1 is 0.611 bits per heavy atom. The number of rotatable bonds is 0. The molecule has 0 N–H and O–H groups in total. The number of benzene rings is 2. The second-order valence-electron chi connectivity index (χ2n) is 4.44. The SMILES string of the molecule is C1=Nc2cc(=c3ccc4c(c3)N=CC=4)ccc2=C1. The number of hydrogen-bond acceptors (Lipinski definition) is 2. The zero-order valence-corrected chi connectivity index (χ0v) is 9.67. The first-order chi connectivity index (χ1) is 8.90. The van der Waals surface area contributed by atoms with E-state index in [1.807, 2.05) is 24.6 Å². The van der Waals surface area contributed by atoms with Crippen molar-refractivity contribution in [2.24, 2.45) is 9.98 Å². The molecule has 2 aliphatic heterocycles. The molecule has 2 nitrogen and oxygen atoms in total. The first-order valence-corrected chi connectivity index (χ1v) is 5.93. The van der Waals surface area contributed by atoms with Crippen LogP contribution in [-0.2, 0) is 0 Å². The van der Waals surface area contributed by atoms with Crippen molar-refractivity contribution in [3.05, 3.63) is 57.3 Å².